The Labute approximate surface area is 125 Å². The van der Waals surface area contributed by atoms with Crippen molar-refractivity contribution >= 4 is 15.9 Å². The number of nitrogens with one attached hydrogen (secondary N) is 1. The molecule has 1 saturated heterocycles. The Morgan fingerprint density at radius 2 is 2.20 bits per heavy atom. The maximum Gasteiger partial charge on any atom is 0.248 e. The van der Waals surface area contributed by atoms with E-state index in [1.807, 2.05) is 24.3 Å². The highest BCUT2D eigenvalue weighted by molar-refractivity contribution is 9.10. The number of rotatable bonds is 4. The van der Waals surface area contributed by atoms with Gasteiger partial charge in [0.15, 0.2) is 0 Å². The Morgan fingerprint density at radius 1 is 1.35 bits per heavy atom. The molecule has 3 rings (SSSR count). The normalized spacial score (nSPS) is 22.3. The van der Waals surface area contributed by atoms with Crippen LogP contribution in [-0.2, 0) is 11.3 Å². The summed E-state index contributed by atoms with van der Waals surface area (Å²) in [6.45, 7) is 4.22. The molecule has 6 heteroatoms. The summed E-state index contributed by atoms with van der Waals surface area (Å²) in [7, 11) is 0. The first-order valence-electron chi connectivity index (χ1n) is 6.56. The molecule has 1 atom stereocenters. The fraction of sp³-hybridized carbons (Fsp3) is 0.429. The van der Waals surface area contributed by atoms with Crippen LogP contribution in [0.1, 0.15) is 19.2 Å². The van der Waals surface area contributed by atoms with Gasteiger partial charge in [0.1, 0.15) is 0 Å². The molecule has 2 aromatic rings. The molecule has 1 N–H and O–H groups in total. The summed E-state index contributed by atoms with van der Waals surface area (Å²) >= 11 is 3.48. The van der Waals surface area contributed by atoms with E-state index in [1.54, 1.807) is 0 Å². The fourth-order valence-electron chi connectivity index (χ4n) is 2.16. The molecule has 0 spiro atoms. The van der Waals surface area contributed by atoms with Crippen LogP contribution in [0.15, 0.2) is 33.2 Å². The minimum atomic E-state index is 0.00195. The molecule has 0 saturated carbocycles. The van der Waals surface area contributed by atoms with Crippen molar-refractivity contribution in [3.05, 3.63) is 34.6 Å². The SMILES string of the molecule is CC1(NCc2nnc(-c3ccccc3Br)o2)CCOC1. The van der Waals surface area contributed by atoms with Gasteiger partial charge in [-0.1, -0.05) is 12.1 Å². The van der Waals surface area contributed by atoms with Crippen LogP contribution in [0.5, 0.6) is 0 Å². The molecule has 0 amide bonds. The Hall–Kier alpha value is -1.24. The third-order valence-electron chi connectivity index (χ3n) is 3.46. The van der Waals surface area contributed by atoms with Gasteiger partial charge in [-0.3, -0.25) is 0 Å². The van der Waals surface area contributed by atoms with Gasteiger partial charge in [-0.15, -0.1) is 10.2 Å². The van der Waals surface area contributed by atoms with E-state index in [4.69, 9.17) is 9.15 Å². The van der Waals surface area contributed by atoms with Gasteiger partial charge >= 0.3 is 0 Å². The lowest BCUT2D eigenvalue weighted by atomic mass is 10.0. The lowest BCUT2D eigenvalue weighted by molar-refractivity contribution is 0.170. The predicted octanol–water partition coefficient (Wildman–Crippen LogP) is 2.77. The Kier molecular flexibility index (Phi) is 3.87. The second-order valence-corrected chi connectivity index (χ2v) is 6.05. The Morgan fingerprint density at radius 3 is 2.95 bits per heavy atom. The van der Waals surface area contributed by atoms with E-state index in [0.717, 1.165) is 29.7 Å². The van der Waals surface area contributed by atoms with Crippen molar-refractivity contribution < 1.29 is 9.15 Å². The highest BCUT2D eigenvalue weighted by atomic mass is 79.9. The molecule has 1 aromatic carbocycles. The first kappa shape index (κ1) is 13.7. The third kappa shape index (κ3) is 2.92. The van der Waals surface area contributed by atoms with E-state index in [1.165, 1.54) is 0 Å². The first-order valence-corrected chi connectivity index (χ1v) is 7.36. The molecular weight excluding hydrogens is 322 g/mol. The molecule has 0 bridgehead atoms. The molecular formula is C14H16BrN3O2. The van der Waals surface area contributed by atoms with Crippen LogP contribution < -0.4 is 5.32 Å². The van der Waals surface area contributed by atoms with Crippen molar-refractivity contribution in [3.8, 4) is 11.5 Å². The molecule has 106 valence electrons. The van der Waals surface area contributed by atoms with Gasteiger partial charge in [-0.2, -0.15) is 0 Å². The maximum atomic E-state index is 5.70. The second kappa shape index (κ2) is 5.63. The quantitative estimate of drug-likeness (QED) is 0.929. The molecule has 0 radical (unpaired) electrons. The molecule has 2 heterocycles. The van der Waals surface area contributed by atoms with Gasteiger partial charge in [0.25, 0.3) is 0 Å². The summed E-state index contributed by atoms with van der Waals surface area (Å²) < 4.78 is 12.0. The lowest BCUT2D eigenvalue weighted by Gasteiger charge is -2.22. The number of nitrogens with zero attached hydrogens (tertiary/aromatic N) is 2. The summed E-state index contributed by atoms with van der Waals surface area (Å²) in [6, 6.07) is 7.79. The molecule has 1 aliphatic rings. The monoisotopic (exact) mass is 337 g/mol. The van der Waals surface area contributed by atoms with E-state index < -0.39 is 0 Å². The summed E-state index contributed by atoms with van der Waals surface area (Å²) in [4.78, 5) is 0. The summed E-state index contributed by atoms with van der Waals surface area (Å²) in [6.07, 6.45) is 0.998. The number of halogens is 1. The van der Waals surface area contributed by atoms with E-state index >= 15 is 0 Å². The summed E-state index contributed by atoms with van der Waals surface area (Å²) in [5.41, 5.74) is 0.906. The van der Waals surface area contributed by atoms with Crippen LogP contribution in [0.4, 0.5) is 0 Å². The lowest BCUT2D eigenvalue weighted by Crippen LogP contribution is -2.42. The zero-order valence-corrected chi connectivity index (χ0v) is 12.8. The van der Waals surface area contributed by atoms with Crippen molar-refractivity contribution in [1.29, 1.82) is 0 Å². The first-order chi connectivity index (χ1) is 9.66. The van der Waals surface area contributed by atoms with Crippen LogP contribution in [0.3, 0.4) is 0 Å². The van der Waals surface area contributed by atoms with Crippen LogP contribution in [0, 0.1) is 0 Å². The smallest absolute Gasteiger partial charge is 0.248 e. The van der Waals surface area contributed by atoms with Gasteiger partial charge in [0, 0.05) is 16.6 Å². The Bertz CT molecular complexity index is 594. The van der Waals surface area contributed by atoms with Gasteiger partial charge in [-0.25, -0.2) is 0 Å². The number of hydrogen-bond donors (Lipinski definition) is 1. The highest BCUT2D eigenvalue weighted by Crippen LogP contribution is 2.26. The number of benzene rings is 1. The van der Waals surface area contributed by atoms with Crippen molar-refractivity contribution in [3.63, 3.8) is 0 Å². The van der Waals surface area contributed by atoms with Crippen LogP contribution in [-0.4, -0.2) is 29.0 Å². The number of aromatic nitrogens is 2. The van der Waals surface area contributed by atoms with Crippen molar-refractivity contribution in [2.45, 2.75) is 25.4 Å². The summed E-state index contributed by atoms with van der Waals surface area (Å²) in [5.74, 6) is 1.12. The molecule has 1 aliphatic heterocycles. The molecule has 1 unspecified atom stereocenters. The minimum Gasteiger partial charge on any atom is -0.419 e. The average molecular weight is 338 g/mol. The van der Waals surface area contributed by atoms with Gasteiger partial charge in [0.05, 0.1) is 18.7 Å². The largest absolute Gasteiger partial charge is 0.419 e. The van der Waals surface area contributed by atoms with Crippen LogP contribution in [0.2, 0.25) is 0 Å². The standard InChI is InChI=1S/C14H16BrN3O2/c1-14(6-7-19-9-14)16-8-12-17-18-13(20-12)10-4-2-3-5-11(10)15/h2-5,16H,6-9H2,1H3. The number of hydrogen-bond acceptors (Lipinski definition) is 5. The molecule has 1 aromatic heterocycles. The Balaban J connectivity index is 1.70. The topological polar surface area (TPSA) is 60.2 Å². The zero-order valence-electron chi connectivity index (χ0n) is 11.2. The average Bonchev–Trinajstić information content (AvgIpc) is 3.07. The molecule has 20 heavy (non-hydrogen) atoms. The van der Waals surface area contributed by atoms with Gasteiger partial charge in [-0.05, 0) is 41.4 Å². The van der Waals surface area contributed by atoms with E-state index in [0.29, 0.717) is 18.3 Å². The van der Waals surface area contributed by atoms with E-state index in [9.17, 15) is 0 Å². The second-order valence-electron chi connectivity index (χ2n) is 5.20. The van der Waals surface area contributed by atoms with E-state index in [2.05, 4.69) is 38.4 Å². The zero-order chi connectivity index (χ0) is 14.0. The number of ether oxygens (including phenoxy) is 1. The predicted molar refractivity (Wildman–Crippen MR) is 78.1 cm³/mol. The van der Waals surface area contributed by atoms with Crippen LogP contribution in [0.25, 0.3) is 11.5 Å². The van der Waals surface area contributed by atoms with Crippen molar-refractivity contribution in [2.75, 3.05) is 13.2 Å². The summed E-state index contributed by atoms with van der Waals surface area (Å²) in [5, 5.41) is 11.6. The molecule has 0 aliphatic carbocycles. The van der Waals surface area contributed by atoms with Gasteiger partial charge in [0.2, 0.25) is 11.8 Å². The minimum absolute atomic E-state index is 0.00195. The fourth-order valence-corrected chi connectivity index (χ4v) is 2.62. The highest BCUT2D eigenvalue weighted by Gasteiger charge is 2.29. The van der Waals surface area contributed by atoms with Crippen LogP contribution >= 0.6 is 15.9 Å². The molecule has 1 fully saturated rings. The maximum absolute atomic E-state index is 5.70. The van der Waals surface area contributed by atoms with Crippen molar-refractivity contribution in [1.82, 2.24) is 15.5 Å². The molecule has 5 nitrogen and oxygen atoms in total. The van der Waals surface area contributed by atoms with E-state index in [-0.39, 0.29) is 5.54 Å². The third-order valence-corrected chi connectivity index (χ3v) is 4.15. The van der Waals surface area contributed by atoms with Gasteiger partial charge < -0.3 is 14.5 Å². The van der Waals surface area contributed by atoms with Crippen molar-refractivity contribution in [2.24, 2.45) is 0 Å².